The molecule has 0 radical (unpaired) electrons. The van der Waals surface area contributed by atoms with Crippen LogP contribution in [0.15, 0.2) is 146 Å². The Morgan fingerprint density at radius 2 is 0.958 bits per heavy atom. The van der Waals surface area contributed by atoms with Gasteiger partial charge in [0.1, 0.15) is 0 Å². The van der Waals surface area contributed by atoms with Crippen molar-refractivity contribution < 1.29 is 0 Å². The third kappa shape index (κ3) is 3.31. The fraction of sp³-hybridized carbons (Fsp3) is 0.0667. The van der Waals surface area contributed by atoms with E-state index < -0.39 is 0 Å². The third-order valence-electron chi connectivity index (χ3n) is 10.9. The summed E-state index contributed by atoms with van der Waals surface area (Å²) in [6, 6.07) is 54.3. The molecule has 1 aliphatic carbocycles. The summed E-state index contributed by atoms with van der Waals surface area (Å²) in [6.45, 7) is 4.73. The highest BCUT2D eigenvalue weighted by Crippen LogP contribution is 2.50. The van der Waals surface area contributed by atoms with Gasteiger partial charge in [-0.1, -0.05) is 98.8 Å². The van der Waals surface area contributed by atoms with E-state index >= 15 is 0 Å². The maximum atomic E-state index is 2.49. The third-order valence-corrected chi connectivity index (χ3v) is 12.1. The van der Waals surface area contributed by atoms with Gasteiger partial charge < -0.3 is 9.13 Å². The predicted octanol–water partition coefficient (Wildman–Crippen LogP) is 12.6. The van der Waals surface area contributed by atoms with E-state index in [9.17, 15) is 0 Å². The van der Waals surface area contributed by atoms with E-state index in [1.807, 2.05) is 11.3 Å². The molecule has 7 aromatic carbocycles. The number of nitrogens with zero attached hydrogens (tertiary/aromatic N) is 2. The van der Waals surface area contributed by atoms with Gasteiger partial charge >= 0.3 is 0 Å². The number of hydrogen-bond donors (Lipinski definition) is 0. The van der Waals surface area contributed by atoms with Crippen molar-refractivity contribution in [3.8, 4) is 22.5 Å². The van der Waals surface area contributed by atoms with Crippen LogP contribution in [0.3, 0.4) is 0 Å². The van der Waals surface area contributed by atoms with Gasteiger partial charge in [0, 0.05) is 58.5 Å². The number of para-hydroxylation sites is 2. The van der Waals surface area contributed by atoms with Gasteiger partial charge in [0.2, 0.25) is 0 Å². The number of hydrogen-bond acceptors (Lipinski definition) is 1. The smallest absolute Gasteiger partial charge is 0.0548 e. The van der Waals surface area contributed by atoms with Crippen molar-refractivity contribution in [3.63, 3.8) is 0 Å². The Hall–Kier alpha value is -5.64. The molecule has 226 valence electrons. The van der Waals surface area contributed by atoms with Gasteiger partial charge in [-0.05, 0) is 82.9 Å². The minimum atomic E-state index is -0.0593. The van der Waals surface area contributed by atoms with Crippen molar-refractivity contribution in [1.29, 1.82) is 0 Å². The molecule has 0 N–H and O–H groups in total. The predicted molar refractivity (Wildman–Crippen MR) is 206 cm³/mol. The van der Waals surface area contributed by atoms with Gasteiger partial charge in [0.15, 0.2) is 0 Å². The standard InChI is InChI=1S/C45H30N2S/c1-45(2)35-15-7-3-11-29(35)30-21-19-28(26-36(30)45)47-38-17-9-5-14-33(38)44-40(47)23-22-39-43(44)32-13-4-8-16-37(32)46(39)27-20-24-42-34(25-27)31-12-6-10-18-41(31)48-42/h3-26H,1-2H3. The molecule has 11 rings (SSSR count). The zero-order valence-electron chi connectivity index (χ0n) is 26.7. The molecule has 1 aliphatic rings. The molecule has 3 heteroatoms. The zero-order chi connectivity index (χ0) is 31.7. The van der Waals surface area contributed by atoms with Gasteiger partial charge in [0.05, 0.1) is 22.1 Å². The Kier molecular flexibility index (Phi) is 5.09. The molecule has 0 unspecified atom stereocenters. The highest BCUT2D eigenvalue weighted by Gasteiger charge is 2.35. The quantitative estimate of drug-likeness (QED) is 0.180. The van der Waals surface area contributed by atoms with E-state index in [1.165, 1.54) is 97.4 Å². The maximum Gasteiger partial charge on any atom is 0.0548 e. The summed E-state index contributed by atoms with van der Waals surface area (Å²) >= 11 is 1.87. The molecule has 10 aromatic rings. The number of thiophene rings is 1. The zero-order valence-corrected chi connectivity index (χ0v) is 27.5. The largest absolute Gasteiger partial charge is 0.309 e. The lowest BCUT2D eigenvalue weighted by Gasteiger charge is -2.22. The van der Waals surface area contributed by atoms with Gasteiger partial charge in [-0.25, -0.2) is 0 Å². The highest BCUT2D eigenvalue weighted by molar-refractivity contribution is 7.25. The van der Waals surface area contributed by atoms with E-state index in [2.05, 4.69) is 169 Å². The first-order valence-corrected chi connectivity index (χ1v) is 17.5. The van der Waals surface area contributed by atoms with Crippen LogP contribution in [0.4, 0.5) is 0 Å². The van der Waals surface area contributed by atoms with E-state index in [4.69, 9.17) is 0 Å². The molecule has 0 aliphatic heterocycles. The van der Waals surface area contributed by atoms with Crippen LogP contribution in [0, 0.1) is 0 Å². The molecule has 2 nitrogen and oxygen atoms in total. The molecule has 0 saturated heterocycles. The highest BCUT2D eigenvalue weighted by atomic mass is 32.1. The first-order chi connectivity index (χ1) is 23.6. The van der Waals surface area contributed by atoms with E-state index in [0.717, 1.165) is 0 Å². The van der Waals surface area contributed by atoms with Crippen molar-refractivity contribution in [2.45, 2.75) is 19.3 Å². The van der Waals surface area contributed by atoms with Crippen molar-refractivity contribution in [3.05, 3.63) is 157 Å². The Bertz CT molecular complexity index is 2980. The second-order valence-electron chi connectivity index (χ2n) is 13.7. The monoisotopic (exact) mass is 630 g/mol. The van der Waals surface area contributed by atoms with Crippen molar-refractivity contribution in [2.75, 3.05) is 0 Å². The second kappa shape index (κ2) is 9.25. The molecule has 0 bridgehead atoms. The van der Waals surface area contributed by atoms with Gasteiger partial charge in [-0.3, -0.25) is 0 Å². The number of rotatable bonds is 2. The summed E-state index contributed by atoms with van der Waals surface area (Å²) in [6.07, 6.45) is 0. The Labute approximate surface area is 281 Å². The van der Waals surface area contributed by atoms with Crippen LogP contribution in [0.1, 0.15) is 25.0 Å². The molecular weight excluding hydrogens is 601 g/mol. The second-order valence-corrected chi connectivity index (χ2v) is 14.8. The van der Waals surface area contributed by atoms with Crippen LogP contribution in [-0.4, -0.2) is 9.13 Å². The normalized spacial score (nSPS) is 13.8. The first kappa shape index (κ1) is 26.4. The van der Waals surface area contributed by atoms with Crippen LogP contribution in [0.2, 0.25) is 0 Å². The topological polar surface area (TPSA) is 9.86 Å². The molecule has 0 amide bonds. The van der Waals surface area contributed by atoms with E-state index in [0.29, 0.717) is 0 Å². The summed E-state index contributed by atoms with van der Waals surface area (Å²) in [4.78, 5) is 0. The average Bonchev–Trinajstić information content (AvgIpc) is 3.83. The van der Waals surface area contributed by atoms with Crippen LogP contribution in [0.25, 0.3) is 86.3 Å². The molecule has 3 heterocycles. The molecule has 0 fully saturated rings. The maximum absolute atomic E-state index is 2.49. The van der Waals surface area contributed by atoms with Gasteiger partial charge in [-0.15, -0.1) is 11.3 Å². The fourth-order valence-electron chi connectivity index (χ4n) is 8.76. The van der Waals surface area contributed by atoms with Crippen LogP contribution in [0.5, 0.6) is 0 Å². The van der Waals surface area contributed by atoms with Crippen LogP contribution < -0.4 is 0 Å². The Morgan fingerprint density at radius 3 is 1.69 bits per heavy atom. The van der Waals surface area contributed by atoms with Crippen molar-refractivity contribution in [1.82, 2.24) is 9.13 Å². The minimum Gasteiger partial charge on any atom is -0.309 e. The average molecular weight is 631 g/mol. The lowest BCUT2D eigenvalue weighted by molar-refractivity contribution is 0.660. The van der Waals surface area contributed by atoms with Crippen LogP contribution in [-0.2, 0) is 5.41 Å². The van der Waals surface area contributed by atoms with E-state index in [-0.39, 0.29) is 5.41 Å². The van der Waals surface area contributed by atoms with E-state index in [1.54, 1.807) is 0 Å². The number of fused-ring (bicyclic) bond motifs is 13. The minimum absolute atomic E-state index is 0.0593. The number of benzene rings is 7. The molecular formula is C45H30N2S. The van der Waals surface area contributed by atoms with Crippen molar-refractivity contribution in [2.24, 2.45) is 0 Å². The number of aromatic nitrogens is 2. The molecule has 0 saturated carbocycles. The molecule has 0 spiro atoms. The Morgan fingerprint density at radius 1 is 0.417 bits per heavy atom. The summed E-state index contributed by atoms with van der Waals surface area (Å²) < 4.78 is 7.61. The van der Waals surface area contributed by atoms with Crippen LogP contribution >= 0.6 is 11.3 Å². The molecule has 48 heavy (non-hydrogen) atoms. The summed E-state index contributed by atoms with van der Waals surface area (Å²) in [5.74, 6) is 0. The lowest BCUT2D eigenvalue weighted by atomic mass is 9.82. The summed E-state index contributed by atoms with van der Waals surface area (Å²) in [5, 5.41) is 7.82. The summed E-state index contributed by atoms with van der Waals surface area (Å²) in [7, 11) is 0. The van der Waals surface area contributed by atoms with Crippen molar-refractivity contribution >= 4 is 75.1 Å². The lowest BCUT2D eigenvalue weighted by Crippen LogP contribution is -2.15. The van der Waals surface area contributed by atoms with Gasteiger partial charge in [0.25, 0.3) is 0 Å². The molecule has 0 atom stereocenters. The van der Waals surface area contributed by atoms with Gasteiger partial charge in [-0.2, -0.15) is 0 Å². The SMILES string of the molecule is CC1(C)c2ccccc2-c2ccc(-n3c4ccccc4c4c5c6ccccc6n(-c6ccc7sc8ccccc8c7c6)c5ccc43)cc21. The fourth-order valence-corrected chi connectivity index (χ4v) is 9.85. The first-order valence-electron chi connectivity index (χ1n) is 16.7. The molecule has 3 aromatic heterocycles. The Balaban J connectivity index is 1.22. The summed E-state index contributed by atoms with van der Waals surface area (Å²) in [5.41, 5.74) is 12.8.